The Morgan fingerprint density at radius 3 is 2.19 bits per heavy atom. The standard InChI is InChI=1S/C15H29Cl/c1-5-12-8-6-7-9-13(12)10-11-14(16)15(2,3)4/h12-14H,5-11H2,1-4H3. The zero-order valence-corrected chi connectivity index (χ0v) is 12.3. The van der Waals surface area contributed by atoms with Crippen LogP contribution in [0.15, 0.2) is 0 Å². The van der Waals surface area contributed by atoms with E-state index < -0.39 is 0 Å². The average Bonchev–Trinajstić information content (AvgIpc) is 2.24. The Kier molecular flexibility index (Phi) is 5.64. The molecule has 0 aromatic carbocycles. The van der Waals surface area contributed by atoms with Crippen molar-refractivity contribution in [2.24, 2.45) is 17.3 Å². The molecule has 1 fully saturated rings. The minimum Gasteiger partial charge on any atom is -0.122 e. The van der Waals surface area contributed by atoms with Crippen LogP contribution in [-0.2, 0) is 0 Å². The van der Waals surface area contributed by atoms with Crippen LogP contribution in [0.5, 0.6) is 0 Å². The lowest BCUT2D eigenvalue weighted by Gasteiger charge is -2.33. The van der Waals surface area contributed by atoms with Gasteiger partial charge in [-0.2, -0.15) is 0 Å². The van der Waals surface area contributed by atoms with Crippen molar-refractivity contribution in [2.75, 3.05) is 0 Å². The molecule has 1 rings (SSSR count). The molecule has 0 spiro atoms. The Bertz CT molecular complexity index is 192. The maximum absolute atomic E-state index is 6.47. The second-order valence-electron chi connectivity index (χ2n) is 6.62. The van der Waals surface area contributed by atoms with Crippen molar-refractivity contribution in [1.82, 2.24) is 0 Å². The third-order valence-electron chi connectivity index (χ3n) is 4.32. The Balaban J connectivity index is 2.35. The number of rotatable bonds is 4. The van der Waals surface area contributed by atoms with Gasteiger partial charge in [-0.1, -0.05) is 59.8 Å². The van der Waals surface area contributed by atoms with Gasteiger partial charge in [-0.05, 0) is 30.1 Å². The topological polar surface area (TPSA) is 0 Å². The zero-order valence-electron chi connectivity index (χ0n) is 11.6. The summed E-state index contributed by atoms with van der Waals surface area (Å²) < 4.78 is 0. The summed E-state index contributed by atoms with van der Waals surface area (Å²) in [6.07, 6.45) is 9.74. The van der Waals surface area contributed by atoms with E-state index in [1.165, 1.54) is 44.9 Å². The predicted molar refractivity (Wildman–Crippen MR) is 74.1 cm³/mol. The molecule has 0 saturated heterocycles. The number of alkyl halides is 1. The fraction of sp³-hybridized carbons (Fsp3) is 1.00. The Morgan fingerprint density at radius 1 is 1.12 bits per heavy atom. The van der Waals surface area contributed by atoms with Crippen molar-refractivity contribution in [3.8, 4) is 0 Å². The molecule has 0 bridgehead atoms. The fourth-order valence-corrected chi connectivity index (χ4v) is 3.12. The summed E-state index contributed by atoms with van der Waals surface area (Å²) in [5.74, 6) is 1.94. The SMILES string of the molecule is CCC1CCCCC1CCC(Cl)C(C)(C)C. The molecule has 0 aromatic heterocycles. The van der Waals surface area contributed by atoms with Crippen LogP contribution in [0, 0.1) is 17.3 Å². The third kappa shape index (κ3) is 4.28. The molecular weight excluding hydrogens is 216 g/mol. The highest BCUT2D eigenvalue weighted by atomic mass is 35.5. The van der Waals surface area contributed by atoms with Gasteiger partial charge in [0, 0.05) is 5.38 Å². The molecule has 1 saturated carbocycles. The lowest BCUT2D eigenvalue weighted by Crippen LogP contribution is -2.24. The summed E-state index contributed by atoms with van der Waals surface area (Å²) >= 11 is 6.47. The second kappa shape index (κ2) is 6.28. The van der Waals surface area contributed by atoms with E-state index in [1.54, 1.807) is 0 Å². The third-order valence-corrected chi connectivity index (χ3v) is 5.19. The lowest BCUT2D eigenvalue weighted by molar-refractivity contribution is 0.206. The smallest absolute Gasteiger partial charge is 0.0384 e. The summed E-state index contributed by atoms with van der Waals surface area (Å²) in [4.78, 5) is 0. The molecule has 0 heterocycles. The minimum atomic E-state index is 0.262. The summed E-state index contributed by atoms with van der Waals surface area (Å²) in [5.41, 5.74) is 0.262. The van der Waals surface area contributed by atoms with Gasteiger partial charge in [-0.15, -0.1) is 11.6 Å². The van der Waals surface area contributed by atoms with Crippen molar-refractivity contribution in [1.29, 1.82) is 0 Å². The first-order valence-electron chi connectivity index (χ1n) is 7.09. The molecule has 0 aliphatic heterocycles. The van der Waals surface area contributed by atoms with Crippen LogP contribution in [0.25, 0.3) is 0 Å². The van der Waals surface area contributed by atoms with Gasteiger partial charge in [-0.25, -0.2) is 0 Å². The molecule has 0 nitrogen and oxygen atoms in total. The normalized spacial score (nSPS) is 29.1. The van der Waals surface area contributed by atoms with E-state index in [-0.39, 0.29) is 5.41 Å². The van der Waals surface area contributed by atoms with Crippen molar-refractivity contribution in [3.05, 3.63) is 0 Å². The first kappa shape index (κ1) is 14.4. The summed E-state index contributed by atoms with van der Waals surface area (Å²) in [7, 11) is 0. The number of halogens is 1. The van der Waals surface area contributed by atoms with Gasteiger partial charge >= 0.3 is 0 Å². The van der Waals surface area contributed by atoms with Crippen molar-refractivity contribution in [2.45, 2.75) is 78.0 Å². The van der Waals surface area contributed by atoms with Crippen LogP contribution in [0.1, 0.15) is 72.6 Å². The van der Waals surface area contributed by atoms with E-state index in [2.05, 4.69) is 27.7 Å². The Hall–Kier alpha value is 0.290. The summed E-state index contributed by atoms with van der Waals surface area (Å²) in [6.45, 7) is 9.11. The Morgan fingerprint density at radius 2 is 1.69 bits per heavy atom. The highest BCUT2D eigenvalue weighted by Crippen LogP contribution is 2.37. The maximum Gasteiger partial charge on any atom is 0.0384 e. The van der Waals surface area contributed by atoms with E-state index in [9.17, 15) is 0 Å². The number of hydrogen-bond donors (Lipinski definition) is 0. The molecule has 3 unspecified atom stereocenters. The molecule has 16 heavy (non-hydrogen) atoms. The first-order valence-corrected chi connectivity index (χ1v) is 7.53. The van der Waals surface area contributed by atoms with Crippen molar-refractivity contribution >= 4 is 11.6 Å². The van der Waals surface area contributed by atoms with Crippen LogP contribution >= 0.6 is 11.6 Å². The molecule has 0 N–H and O–H groups in total. The zero-order chi connectivity index (χ0) is 12.2. The predicted octanol–water partition coefficient (Wildman–Crippen LogP) is 5.64. The van der Waals surface area contributed by atoms with Crippen molar-refractivity contribution < 1.29 is 0 Å². The van der Waals surface area contributed by atoms with Gasteiger partial charge < -0.3 is 0 Å². The van der Waals surface area contributed by atoms with Crippen molar-refractivity contribution in [3.63, 3.8) is 0 Å². The van der Waals surface area contributed by atoms with E-state index in [1.807, 2.05) is 0 Å². The summed E-state index contributed by atoms with van der Waals surface area (Å²) in [5, 5.41) is 0.340. The van der Waals surface area contributed by atoms with E-state index in [0.29, 0.717) is 5.38 Å². The summed E-state index contributed by atoms with van der Waals surface area (Å²) in [6, 6.07) is 0. The first-order chi connectivity index (χ1) is 7.45. The van der Waals surface area contributed by atoms with Gasteiger partial charge in [0.2, 0.25) is 0 Å². The monoisotopic (exact) mass is 244 g/mol. The molecule has 1 heteroatoms. The van der Waals surface area contributed by atoms with Crippen LogP contribution in [-0.4, -0.2) is 5.38 Å². The highest BCUT2D eigenvalue weighted by molar-refractivity contribution is 6.21. The fourth-order valence-electron chi connectivity index (χ4n) is 3.00. The molecule has 0 aromatic rings. The van der Waals surface area contributed by atoms with Gasteiger partial charge in [-0.3, -0.25) is 0 Å². The molecular formula is C15H29Cl. The van der Waals surface area contributed by atoms with E-state index in [4.69, 9.17) is 11.6 Å². The maximum atomic E-state index is 6.47. The highest BCUT2D eigenvalue weighted by Gasteiger charge is 2.27. The van der Waals surface area contributed by atoms with Crippen LogP contribution in [0.4, 0.5) is 0 Å². The van der Waals surface area contributed by atoms with Gasteiger partial charge in [0.1, 0.15) is 0 Å². The van der Waals surface area contributed by atoms with Gasteiger partial charge in [0.05, 0.1) is 0 Å². The molecule has 1 aliphatic carbocycles. The lowest BCUT2D eigenvalue weighted by atomic mass is 9.74. The molecule has 1 aliphatic rings. The quantitative estimate of drug-likeness (QED) is 0.562. The largest absolute Gasteiger partial charge is 0.122 e. The average molecular weight is 245 g/mol. The van der Waals surface area contributed by atoms with Crippen LogP contribution in [0.2, 0.25) is 0 Å². The number of hydrogen-bond acceptors (Lipinski definition) is 0. The van der Waals surface area contributed by atoms with Gasteiger partial charge in [0.25, 0.3) is 0 Å². The Labute approximate surface area is 107 Å². The molecule has 96 valence electrons. The van der Waals surface area contributed by atoms with Gasteiger partial charge in [0.15, 0.2) is 0 Å². The molecule has 0 radical (unpaired) electrons. The molecule has 0 amide bonds. The van der Waals surface area contributed by atoms with Crippen LogP contribution in [0.3, 0.4) is 0 Å². The van der Waals surface area contributed by atoms with E-state index in [0.717, 1.165) is 11.8 Å². The second-order valence-corrected chi connectivity index (χ2v) is 7.15. The van der Waals surface area contributed by atoms with Crippen LogP contribution < -0.4 is 0 Å². The van der Waals surface area contributed by atoms with E-state index >= 15 is 0 Å². The molecule has 3 atom stereocenters. The minimum absolute atomic E-state index is 0.262.